The molecule has 4 rings (SSSR count). The summed E-state index contributed by atoms with van der Waals surface area (Å²) in [6.45, 7) is 0. The van der Waals surface area contributed by atoms with Crippen molar-refractivity contribution in [3.8, 4) is 5.95 Å². The number of aromatic carboxylic acids is 1. The molecule has 2 aromatic heterocycles. The van der Waals surface area contributed by atoms with E-state index in [1.165, 1.54) is 18.3 Å². The fourth-order valence-corrected chi connectivity index (χ4v) is 4.09. The molecule has 1 atom stereocenters. The first-order valence-corrected chi connectivity index (χ1v) is 9.45. The number of carboxylic acid groups (broad SMARTS) is 1. The molecule has 0 radical (unpaired) electrons. The number of nitrogens with one attached hydrogen (secondary N) is 1. The molecule has 2 heterocycles. The lowest BCUT2D eigenvalue weighted by Crippen LogP contribution is -2.14. The molecule has 140 valence electrons. The summed E-state index contributed by atoms with van der Waals surface area (Å²) in [7, 11) is 0. The number of hydrogen-bond acceptors (Lipinski definition) is 5. The van der Waals surface area contributed by atoms with Gasteiger partial charge in [-0.25, -0.2) is 14.5 Å². The van der Waals surface area contributed by atoms with E-state index in [2.05, 4.69) is 15.1 Å². The Balaban J connectivity index is 1.85. The third-order valence-electron chi connectivity index (χ3n) is 3.95. The average Bonchev–Trinajstić information content (AvgIpc) is 3.19. The number of aromatic amines is 1. The van der Waals surface area contributed by atoms with Gasteiger partial charge in [0, 0.05) is 23.4 Å². The molecular formula is C18H11ClN4O4S. The smallest absolute Gasteiger partial charge is 0.338 e. The highest BCUT2D eigenvalue weighted by Gasteiger charge is 2.21. The molecule has 4 aromatic rings. The van der Waals surface area contributed by atoms with Gasteiger partial charge in [0.1, 0.15) is 0 Å². The average molecular weight is 415 g/mol. The van der Waals surface area contributed by atoms with Crippen LogP contribution in [-0.4, -0.2) is 35.4 Å². The third-order valence-corrected chi connectivity index (χ3v) is 5.81. The lowest BCUT2D eigenvalue weighted by Gasteiger charge is -2.12. The summed E-state index contributed by atoms with van der Waals surface area (Å²) in [6.07, 6.45) is 2.37. The molecule has 0 fully saturated rings. The predicted octanol–water partition coefficient (Wildman–Crippen LogP) is 2.63. The maximum Gasteiger partial charge on any atom is 0.338 e. The number of fused-ring (bicyclic) bond motifs is 1. The van der Waals surface area contributed by atoms with Crippen molar-refractivity contribution in [2.75, 3.05) is 0 Å². The van der Waals surface area contributed by atoms with Crippen LogP contribution < -0.4 is 5.56 Å². The summed E-state index contributed by atoms with van der Waals surface area (Å²) < 4.78 is 14.0. The topological polar surface area (TPSA) is 124 Å². The molecule has 10 heteroatoms. The third kappa shape index (κ3) is 3.26. The molecule has 2 aromatic carbocycles. The number of nitrogens with zero attached hydrogens (tertiary/aromatic N) is 3. The van der Waals surface area contributed by atoms with Crippen LogP contribution in [0.1, 0.15) is 10.4 Å². The van der Waals surface area contributed by atoms with E-state index in [0.29, 0.717) is 9.79 Å². The molecule has 0 aliphatic rings. The molecule has 8 nitrogen and oxygen atoms in total. The van der Waals surface area contributed by atoms with Crippen LogP contribution in [0.2, 0.25) is 5.02 Å². The Morgan fingerprint density at radius 1 is 1.25 bits per heavy atom. The minimum atomic E-state index is -1.56. The minimum absolute atomic E-state index is 0.0313. The molecule has 28 heavy (non-hydrogen) atoms. The van der Waals surface area contributed by atoms with Crippen molar-refractivity contribution >= 4 is 39.6 Å². The van der Waals surface area contributed by atoms with Gasteiger partial charge >= 0.3 is 5.97 Å². The number of H-pyrrole nitrogens is 1. The van der Waals surface area contributed by atoms with Gasteiger partial charge in [0.2, 0.25) is 5.95 Å². The van der Waals surface area contributed by atoms with E-state index in [4.69, 9.17) is 16.7 Å². The zero-order valence-electron chi connectivity index (χ0n) is 14.0. The molecule has 1 unspecified atom stereocenters. The normalized spacial score (nSPS) is 12.2. The van der Waals surface area contributed by atoms with Crippen molar-refractivity contribution in [1.29, 1.82) is 0 Å². The van der Waals surface area contributed by atoms with Crippen LogP contribution in [-0.2, 0) is 11.2 Å². The maximum atomic E-state index is 12.9. The van der Waals surface area contributed by atoms with E-state index in [1.807, 2.05) is 6.07 Å². The summed E-state index contributed by atoms with van der Waals surface area (Å²) in [6, 6.07) is 11.7. The van der Waals surface area contributed by atoms with Gasteiger partial charge in [-0.15, -0.1) is 0 Å². The van der Waals surface area contributed by atoms with Crippen LogP contribution in [0.5, 0.6) is 0 Å². The number of benzene rings is 2. The molecule has 0 aliphatic heterocycles. The van der Waals surface area contributed by atoms with E-state index in [-0.39, 0.29) is 27.4 Å². The van der Waals surface area contributed by atoms with Gasteiger partial charge in [0.25, 0.3) is 5.56 Å². The monoisotopic (exact) mass is 414 g/mol. The van der Waals surface area contributed by atoms with Gasteiger partial charge in [-0.1, -0.05) is 29.8 Å². The molecule has 0 amide bonds. The van der Waals surface area contributed by atoms with Gasteiger partial charge in [0.05, 0.1) is 27.7 Å². The first kappa shape index (κ1) is 18.2. The Labute approximate surface area is 165 Å². The van der Waals surface area contributed by atoms with Crippen LogP contribution >= 0.6 is 11.6 Å². The summed E-state index contributed by atoms with van der Waals surface area (Å²) in [4.78, 5) is 31.2. The predicted molar refractivity (Wildman–Crippen MR) is 103 cm³/mol. The van der Waals surface area contributed by atoms with Crippen LogP contribution in [0.4, 0.5) is 0 Å². The zero-order chi connectivity index (χ0) is 19.8. The van der Waals surface area contributed by atoms with Crippen molar-refractivity contribution in [1.82, 2.24) is 19.7 Å². The number of hydrogen-bond donors (Lipinski definition) is 2. The Morgan fingerprint density at radius 3 is 2.68 bits per heavy atom. The second-order valence-electron chi connectivity index (χ2n) is 5.75. The van der Waals surface area contributed by atoms with Gasteiger partial charge in [-0.2, -0.15) is 5.10 Å². The second-order valence-corrected chi connectivity index (χ2v) is 7.61. The molecule has 2 N–H and O–H groups in total. The number of carbonyl (C=O) groups is 1. The van der Waals surface area contributed by atoms with E-state index < -0.39 is 22.7 Å². The maximum absolute atomic E-state index is 12.9. The van der Waals surface area contributed by atoms with Crippen LogP contribution in [0.25, 0.3) is 16.9 Å². The van der Waals surface area contributed by atoms with Crippen LogP contribution in [0.15, 0.2) is 69.4 Å². The largest absolute Gasteiger partial charge is 0.606 e. The second kappa shape index (κ2) is 7.12. The summed E-state index contributed by atoms with van der Waals surface area (Å²) >= 11 is 4.70. The Hall–Kier alpha value is -3.14. The first-order valence-electron chi connectivity index (χ1n) is 7.93. The minimum Gasteiger partial charge on any atom is -0.606 e. The van der Waals surface area contributed by atoms with Gasteiger partial charge in [-0.05, 0) is 18.2 Å². The van der Waals surface area contributed by atoms with Crippen molar-refractivity contribution in [3.05, 3.63) is 75.8 Å². The van der Waals surface area contributed by atoms with Crippen molar-refractivity contribution in [2.24, 2.45) is 0 Å². The van der Waals surface area contributed by atoms with Crippen molar-refractivity contribution in [3.63, 3.8) is 0 Å². The molecule has 0 saturated heterocycles. The molecule has 0 bridgehead atoms. The summed E-state index contributed by atoms with van der Waals surface area (Å²) in [5, 5.41) is 13.3. The number of rotatable bonds is 4. The SMILES string of the molecule is O=C(O)c1cnn(-c2nc3cc([S+]([O-])c4ccccc4)c(Cl)cc3c(=O)[nH]2)c1. The van der Waals surface area contributed by atoms with Crippen molar-refractivity contribution < 1.29 is 14.5 Å². The van der Waals surface area contributed by atoms with Crippen LogP contribution in [0.3, 0.4) is 0 Å². The van der Waals surface area contributed by atoms with E-state index in [1.54, 1.807) is 24.3 Å². The zero-order valence-corrected chi connectivity index (χ0v) is 15.6. The van der Waals surface area contributed by atoms with Gasteiger partial charge in [-0.3, -0.25) is 9.78 Å². The highest BCUT2D eigenvalue weighted by atomic mass is 35.5. The highest BCUT2D eigenvalue weighted by molar-refractivity contribution is 7.91. The number of aromatic nitrogens is 4. The lowest BCUT2D eigenvalue weighted by atomic mass is 10.2. The van der Waals surface area contributed by atoms with Crippen LogP contribution in [0, 0.1) is 0 Å². The Kier molecular flexibility index (Phi) is 4.63. The fourth-order valence-electron chi connectivity index (χ4n) is 2.60. The molecule has 0 saturated carbocycles. The Bertz CT molecular complexity index is 1260. The highest BCUT2D eigenvalue weighted by Crippen LogP contribution is 2.30. The molecular weight excluding hydrogens is 404 g/mol. The molecule has 0 spiro atoms. The number of carboxylic acids is 1. The Morgan fingerprint density at radius 2 is 2.00 bits per heavy atom. The van der Waals surface area contributed by atoms with Gasteiger partial charge < -0.3 is 9.66 Å². The summed E-state index contributed by atoms with van der Waals surface area (Å²) in [5.41, 5.74) is -0.272. The quantitative estimate of drug-likeness (QED) is 0.494. The van der Waals surface area contributed by atoms with Gasteiger partial charge in [0.15, 0.2) is 9.79 Å². The molecule has 0 aliphatic carbocycles. The number of halogens is 1. The lowest BCUT2D eigenvalue weighted by molar-refractivity contribution is 0.0697. The first-order chi connectivity index (χ1) is 13.4. The standard InChI is InChI=1S/C18H11ClN4O4S/c19-13-6-12-14(7-15(13)28(27)11-4-2-1-3-5-11)21-18(22-16(12)24)23-9-10(8-20-23)17(25)26/h1-9H,(H,25,26)(H,21,22,24). The summed E-state index contributed by atoms with van der Waals surface area (Å²) in [5.74, 6) is -1.12. The van der Waals surface area contributed by atoms with Crippen molar-refractivity contribution in [2.45, 2.75) is 9.79 Å². The fraction of sp³-hybridized carbons (Fsp3) is 0. The van der Waals surface area contributed by atoms with E-state index in [9.17, 15) is 14.1 Å². The van der Waals surface area contributed by atoms with E-state index >= 15 is 0 Å². The van der Waals surface area contributed by atoms with E-state index in [0.717, 1.165) is 10.9 Å².